The van der Waals surface area contributed by atoms with Gasteiger partial charge in [-0.15, -0.1) is 0 Å². The first-order valence-electron chi connectivity index (χ1n) is 5.26. The van der Waals surface area contributed by atoms with Gasteiger partial charge < -0.3 is 5.32 Å². The predicted octanol–water partition coefficient (Wildman–Crippen LogP) is 3.42. The van der Waals surface area contributed by atoms with Crippen molar-refractivity contribution in [2.75, 3.05) is 13.1 Å². The van der Waals surface area contributed by atoms with E-state index in [-0.39, 0.29) is 11.7 Å². The monoisotopic (exact) mass is 259 g/mol. The number of Topliss-reactive ketones (excluding diaryl/α,β-unsaturated/α-hetero) is 1. The molecule has 0 aromatic heterocycles. The first-order chi connectivity index (χ1) is 7.56. The summed E-state index contributed by atoms with van der Waals surface area (Å²) in [5.41, 5.74) is 0.500. The molecule has 2 nitrogen and oxygen atoms in total. The van der Waals surface area contributed by atoms with Crippen molar-refractivity contribution in [3.8, 4) is 0 Å². The van der Waals surface area contributed by atoms with Crippen LogP contribution in [-0.2, 0) is 0 Å². The van der Waals surface area contributed by atoms with E-state index in [0.29, 0.717) is 22.2 Å². The van der Waals surface area contributed by atoms with E-state index in [9.17, 15) is 4.79 Å². The van der Waals surface area contributed by atoms with Gasteiger partial charge in [0.25, 0.3) is 0 Å². The average Bonchev–Trinajstić information content (AvgIpc) is 2.28. The third-order valence-electron chi connectivity index (χ3n) is 2.34. The topological polar surface area (TPSA) is 29.1 Å². The molecule has 0 spiro atoms. The zero-order valence-electron chi connectivity index (χ0n) is 9.39. The molecule has 1 atom stereocenters. The van der Waals surface area contributed by atoms with Gasteiger partial charge in [0.2, 0.25) is 0 Å². The first-order valence-corrected chi connectivity index (χ1v) is 6.01. The minimum Gasteiger partial charge on any atom is -0.316 e. The van der Waals surface area contributed by atoms with Gasteiger partial charge in [0.15, 0.2) is 5.78 Å². The van der Waals surface area contributed by atoms with Crippen molar-refractivity contribution in [3.05, 3.63) is 33.8 Å². The molecule has 0 saturated carbocycles. The van der Waals surface area contributed by atoms with Crippen molar-refractivity contribution in [2.24, 2.45) is 5.92 Å². The molecule has 88 valence electrons. The highest BCUT2D eigenvalue weighted by Gasteiger charge is 2.17. The molecule has 0 aliphatic heterocycles. The lowest BCUT2D eigenvalue weighted by Gasteiger charge is -2.12. The number of ketones is 1. The third kappa shape index (κ3) is 3.48. The van der Waals surface area contributed by atoms with Crippen LogP contribution in [0.5, 0.6) is 0 Å². The van der Waals surface area contributed by atoms with Crippen LogP contribution in [0.1, 0.15) is 24.2 Å². The van der Waals surface area contributed by atoms with Crippen molar-refractivity contribution in [2.45, 2.75) is 13.8 Å². The van der Waals surface area contributed by atoms with Crippen LogP contribution in [0.15, 0.2) is 18.2 Å². The Bertz CT molecular complexity index is 379. The van der Waals surface area contributed by atoms with E-state index in [1.165, 1.54) is 0 Å². The van der Waals surface area contributed by atoms with Gasteiger partial charge in [0, 0.05) is 23.0 Å². The quantitative estimate of drug-likeness (QED) is 0.822. The van der Waals surface area contributed by atoms with Crippen LogP contribution in [0.3, 0.4) is 0 Å². The Labute approximate surface area is 106 Å². The van der Waals surface area contributed by atoms with Crippen LogP contribution in [0.25, 0.3) is 0 Å². The molecular formula is C12H15Cl2NO. The molecule has 1 aromatic carbocycles. The SMILES string of the molecule is CCNCC(C)C(=O)c1cc(Cl)ccc1Cl. The molecule has 0 heterocycles. The van der Waals surface area contributed by atoms with Crippen molar-refractivity contribution in [1.29, 1.82) is 0 Å². The van der Waals surface area contributed by atoms with Crippen molar-refractivity contribution >= 4 is 29.0 Å². The second-order valence-electron chi connectivity index (χ2n) is 3.70. The number of hydrogen-bond acceptors (Lipinski definition) is 2. The lowest BCUT2D eigenvalue weighted by atomic mass is 9.99. The summed E-state index contributed by atoms with van der Waals surface area (Å²) in [5.74, 6) is -0.0793. The Balaban J connectivity index is 2.83. The summed E-state index contributed by atoms with van der Waals surface area (Å²) in [7, 11) is 0. The molecule has 1 rings (SSSR count). The minimum absolute atomic E-state index is 0.0217. The fourth-order valence-electron chi connectivity index (χ4n) is 1.41. The summed E-state index contributed by atoms with van der Waals surface area (Å²) in [6, 6.07) is 4.95. The summed E-state index contributed by atoms with van der Waals surface area (Å²) in [6.45, 7) is 5.38. The van der Waals surface area contributed by atoms with E-state index >= 15 is 0 Å². The van der Waals surface area contributed by atoms with Crippen LogP contribution in [0.4, 0.5) is 0 Å². The zero-order valence-corrected chi connectivity index (χ0v) is 10.9. The Hall–Kier alpha value is -0.570. The molecule has 0 saturated heterocycles. The van der Waals surface area contributed by atoms with E-state index in [2.05, 4.69) is 5.32 Å². The number of carbonyl (C=O) groups is 1. The third-order valence-corrected chi connectivity index (χ3v) is 2.91. The molecule has 1 unspecified atom stereocenters. The van der Waals surface area contributed by atoms with Crippen molar-refractivity contribution in [1.82, 2.24) is 5.32 Å². The molecule has 1 aromatic rings. The van der Waals surface area contributed by atoms with Crippen molar-refractivity contribution < 1.29 is 4.79 Å². The zero-order chi connectivity index (χ0) is 12.1. The van der Waals surface area contributed by atoms with Crippen LogP contribution >= 0.6 is 23.2 Å². The highest BCUT2D eigenvalue weighted by Crippen LogP contribution is 2.23. The molecule has 0 aliphatic rings. The molecule has 1 N–H and O–H groups in total. The average molecular weight is 260 g/mol. The van der Waals surface area contributed by atoms with E-state index in [0.717, 1.165) is 6.54 Å². The van der Waals surface area contributed by atoms with Gasteiger partial charge in [-0.1, -0.05) is 37.0 Å². The molecule has 0 fully saturated rings. The molecular weight excluding hydrogens is 245 g/mol. The fraction of sp³-hybridized carbons (Fsp3) is 0.417. The largest absolute Gasteiger partial charge is 0.316 e. The first kappa shape index (κ1) is 13.5. The van der Waals surface area contributed by atoms with Gasteiger partial charge in [-0.3, -0.25) is 4.79 Å². The molecule has 0 amide bonds. The number of halogens is 2. The number of benzene rings is 1. The second kappa shape index (κ2) is 6.24. The molecule has 4 heteroatoms. The molecule has 0 aliphatic carbocycles. The van der Waals surface area contributed by atoms with Crippen LogP contribution in [0.2, 0.25) is 10.0 Å². The highest BCUT2D eigenvalue weighted by molar-refractivity contribution is 6.36. The summed E-state index contributed by atoms with van der Waals surface area (Å²) < 4.78 is 0. The van der Waals surface area contributed by atoms with E-state index in [1.54, 1.807) is 18.2 Å². The van der Waals surface area contributed by atoms with Gasteiger partial charge in [-0.05, 0) is 24.7 Å². The Morgan fingerprint density at radius 3 is 2.75 bits per heavy atom. The summed E-state index contributed by atoms with van der Waals surface area (Å²) in [4.78, 5) is 12.0. The van der Waals surface area contributed by atoms with Gasteiger partial charge in [-0.2, -0.15) is 0 Å². The standard InChI is InChI=1S/C12H15Cl2NO/c1-3-15-7-8(2)12(16)10-6-9(13)4-5-11(10)14/h4-6,8,15H,3,7H2,1-2H3. The molecule has 0 bridgehead atoms. The molecule has 16 heavy (non-hydrogen) atoms. The van der Waals surface area contributed by atoms with E-state index < -0.39 is 0 Å². The predicted molar refractivity (Wildman–Crippen MR) is 68.5 cm³/mol. The van der Waals surface area contributed by atoms with Gasteiger partial charge >= 0.3 is 0 Å². The highest BCUT2D eigenvalue weighted by atomic mass is 35.5. The normalized spacial score (nSPS) is 12.5. The molecule has 0 radical (unpaired) electrons. The number of carbonyl (C=O) groups excluding carboxylic acids is 1. The van der Waals surface area contributed by atoms with Gasteiger partial charge in [0.1, 0.15) is 0 Å². The lowest BCUT2D eigenvalue weighted by molar-refractivity contribution is 0.0929. The maximum atomic E-state index is 12.0. The fourth-order valence-corrected chi connectivity index (χ4v) is 1.79. The maximum Gasteiger partial charge on any atom is 0.168 e. The smallest absolute Gasteiger partial charge is 0.168 e. The van der Waals surface area contributed by atoms with Gasteiger partial charge in [-0.25, -0.2) is 0 Å². The van der Waals surface area contributed by atoms with Crippen LogP contribution in [-0.4, -0.2) is 18.9 Å². The van der Waals surface area contributed by atoms with Crippen molar-refractivity contribution in [3.63, 3.8) is 0 Å². The Morgan fingerprint density at radius 1 is 1.44 bits per heavy atom. The Morgan fingerprint density at radius 2 is 2.12 bits per heavy atom. The minimum atomic E-state index is -0.101. The lowest BCUT2D eigenvalue weighted by Crippen LogP contribution is -2.26. The van der Waals surface area contributed by atoms with E-state index in [4.69, 9.17) is 23.2 Å². The van der Waals surface area contributed by atoms with Crippen LogP contribution in [0, 0.1) is 5.92 Å². The van der Waals surface area contributed by atoms with Crippen LogP contribution < -0.4 is 5.32 Å². The summed E-state index contributed by atoms with van der Waals surface area (Å²) in [5, 5.41) is 4.12. The summed E-state index contributed by atoms with van der Waals surface area (Å²) in [6.07, 6.45) is 0. The number of hydrogen-bond donors (Lipinski definition) is 1. The maximum absolute atomic E-state index is 12.0. The number of rotatable bonds is 5. The second-order valence-corrected chi connectivity index (χ2v) is 4.54. The summed E-state index contributed by atoms with van der Waals surface area (Å²) >= 11 is 11.8. The van der Waals surface area contributed by atoms with E-state index in [1.807, 2.05) is 13.8 Å². The Kier molecular flexibility index (Phi) is 5.26. The van der Waals surface area contributed by atoms with Gasteiger partial charge in [0.05, 0.1) is 5.02 Å². The number of nitrogens with one attached hydrogen (secondary N) is 1.